The average Bonchev–Trinajstić information content (AvgIpc) is 3.17. The molecule has 2 heterocycles. The van der Waals surface area contributed by atoms with Crippen molar-refractivity contribution in [2.45, 2.75) is 13.3 Å². The molecule has 3 rings (SSSR count). The summed E-state index contributed by atoms with van der Waals surface area (Å²) in [6, 6.07) is 6.33. The number of nitro benzene ring substituents is 1. The molecule has 2 aromatic heterocycles. The molecule has 0 amide bonds. The Bertz CT molecular complexity index is 936. The normalized spacial score (nSPS) is 10.6. The van der Waals surface area contributed by atoms with Crippen molar-refractivity contribution in [2.24, 2.45) is 0 Å². The lowest BCUT2D eigenvalue weighted by Crippen LogP contribution is -2.13. The van der Waals surface area contributed by atoms with Crippen LogP contribution in [0.1, 0.15) is 11.5 Å². The van der Waals surface area contributed by atoms with Crippen LogP contribution in [0.5, 0.6) is 5.75 Å². The van der Waals surface area contributed by atoms with Crippen LogP contribution in [-0.4, -0.2) is 15.9 Å². The molecular formula is C16H11FN2O5S. The van der Waals surface area contributed by atoms with Gasteiger partial charge in [0.15, 0.2) is 0 Å². The van der Waals surface area contributed by atoms with Crippen molar-refractivity contribution in [3.63, 3.8) is 0 Å². The fourth-order valence-electron chi connectivity index (χ4n) is 2.11. The number of hydrogen-bond acceptors (Lipinski definition) is 7. The monoisotopic (exact) mass is 362 g/mol. The van der Waals surface area contributed by atoms with Crippen molar-refractivity contribution in [1.29, 1.82) is 0 Å². The second-order valence-corrected chi connectivity index (χ2v) is 5.97. The summed E-state index contributed by atoms with van der Waals surface area (Å²) in [5.41, 5.74) is -0.140. The molecule has 0 saturated carbocycles. The summed E-state index contributed by atoms with van der Waals surface area (Å²) in [6.45, 7) is 1.65. The van der Waals surface area contributed by atoms with Gasteiger partial charge in [-0.15, -0.1) is 11.3 Å². The molecule has 0 atom stereocenters. The SMILES string of the molecule is Cc1oc(-c2cccs2)nc1CC(=O)Oc1cc(F)ccc1[N+](=O)[O-]. The molecule has 0 spiro atoms. The number of rotatable bonds is 5. The van der Waals surface area contributed by atoms with Gasteiger partial charge in [-0.2, -0.15) is 0 Å². The number of esters is 1. The highest BCUT2D eigenvalue weighted by Crippen LogP contribution is 2.29. The standard InChI is InChI=1S/C16H11FN2O5S/c1-9-11(18-16(23-9)14-3-2-6-25-14)8-15(20)24-13-7-10(17)4-5-12(13)19(21)22/h2-7H,8H2,1H3. The number of benzene rings is 1. The Morgan fingerprint density at radius 3 is 2.92 bits per heavy atom. The highest BCUT2D eigenvalue weighted by molar-refractivity contribution is 7.13. The van der Waals surface area contributed by atoms with Crippen molar-refractivity contribution in [3.05, 3.63) is 63.1 Å². The Morgan fingerprint density at radius 1 is 1.44 bits per heavy atom. The number of ether oxygens (including phenoxy) is 1. The number of thiophene rings is 1. The molecule has 25 heavy (non-hydrogen) atoms. The van der Waals surface area contributed by atoms with Gasteiger partial charge < -0.3 is 9.15 Å². The van der Waals surface area contributed by atoms with E-state index in [0.717, 1.165) is 23.1 Å². The predicted octanol–water partition coefficient (Wildman–Crippen LogP) is 3.91. The number of aryl methyl sites for hydroxylation is 1. The van der Waals surface area contributed by atoms with Crippen LogP contribution in [0, 0.1) is 22.9 Å². The maximum Gasteiger partial charge on any atom is 0.317 e. The maximum atomic E-state index is 13.3. The fourth-order valence-corrected chi connectivity index (χ4v) is 2.76. The van der Waals surface area contributed by atoms with E-state index in [0.29, 0.717) is 17.3 Å². The van der Waals surface area contributed by atoms with Crippen LogP contribution in [0.4, 0.5) is 10.1 Å². The molecule has 0 fully saturated rings. The molecule has 0 N–H and O–H groups in total. The van der Waals surface area contributed by atoms with E-state index in [1.54, 1.807) is 6.92 Å². The van der Waals surface area contributed by atoms with Crippen molar-refractivity contribution in [1.82, 2.24) is 4.98 Å². The number of carbonyl (C=O) groups is 1. The first-order valence-corrected chi connectivity index (χ1v) is 7.97. The van der Waals surface area contributed by atoms with Gasteiger partial charge in [0, 0.05) is 12.1 Å². The molecule has 0 saturated heterocycles. The first kappa shape index (κ1) is 16.8. The average molecular weight is 362 g/mol. The quantitative estimate of drug-likeness (QED) is 0.296. The van der Waals surface area contributed by atoms with Crippen molar-refractivity contribution in [2.75, 3.05) is 0 Å². The first-order valence-electron chi connectivity index (χ1n) is 7.09. The maximum absolute atomic E-state index is 13.3. The number of nitrogens with zero attached hydrogens (tertiary/aromatic N) is 2. The van der Waals surface area contributed by atoms with E-state index in [1.807, 2.05) is 17.5 Å². The van der Waals surface area contributed by atoms with Crippen molar-refractivity contribution >= 4 is 23.0 Å². The Balaban J connectivity index is 1.78. The summed E-state index contributed by atoms with van der Waals surface area (Å²) < 4.78 is 23.7. The molecule has 7 nitrogen and oxygen atoms in total. The van der Waals surface area contributed by atoms with Gasteiger partial charge in [-0.05, 0) is 24.4 Å². The third kappa shape index (κ3) is 3.72. The van der Waals surface area contributed by atoms with Gasteiger partial charge in [-0.3, -0.25) is 14.9 Å². The molecule has 128 valence electrons. The number of aromatic nitrogens is 1. The van der Waals surface area contributed by atoms with Crippen LogP contribution in [0.25, 0.3) is 10.8 Å². The van der Waals surface area contributed by atoms with Gasteiger partial charge in [0.1, 0.15) is 11.6 Å². The lowest BCUT2D eigenvalue weighted by molar-refractivity contribution is -0.385. The highest BCUT2D eigenvalue weighted by atomic mass is 32.1. The number of carbonyl (C=O) groups excluding carboxylic acids is 1. The summed E-state index contributed by atoms with van der Waals surface area (Å²) in [5.74, 6) is -1.18. The van der Waals surface area contributed by atoms with E-state index in [1.165, 1.54) is 11.3 Å². The van der Waals surface area contributed by atoms with Crippen molar-refractivity contribution in [3.8, 4) is 16.5 Å². The Morgan fingerprint density at radius 2 is 2.24 bits per heavy atom. The molecule has 3 aromatic rings. The molecule has 1 aromatic carbocycles. The minimum Gasteiger partial charge on any atom is -0.440 e. The van der Waals surface area contributed by atoms with Crippen LogP contribution >= 0.6 is 11.3 Å². The summed E-state index contributed by atoms with van der Waals surface area (Å²) in [5, 5.41) is 12.8. The smallest absolute Gasteiger partial charge is 0.317 e. The van der Waals surface area contributed by atoms with Crippen LogP contribution in [0.2, 0.25) is 0 Å². The first-order chi connectivity index (χ1) is 11.9. The molecule has 0 aliphatic rings. The molecule has 0 bridgehead atoms. The Hall–Kier alpha value is -3.07. The fraction of sp³-hybridized carbons (Fsp3) is 0.125. The number of hydrogen-bond donors (Lipinski definition) is 0. The molecule has 0 unspecified atom stereocenters. The zero-order valence-electron chi connectivity index (χ0n) is 12.9. The van der Waals surface area contributed by atoms with Gasteiger partial charge in [0.05, 0.1) is 21.9 Å². The minimum atomic E-state index is -0.803. The summed E-state index contributed by atoms with van der Waals surface area (Å²) >= 11 is 1.44. The largest absolute Gasteiger partial charge is 0.440 e. The second kappa shape index (κ2) is 6.81. The number of oxazole rings is 1. The van der Waals surface area contributed by atoms with Gasteiger partial charge >= 0.3 is 11.7 Å². The zero-order valence-corrected chi connectivity index (χ0v) is 13.7. The zero-order chi connectivity index (χ0) is 18.0. The number of halogens is 1. The van der Waals surface area contributed by atoms with Crippen LogP contribution < -0.4 is 4.74 Å². The van der Waals surface area contributed by atoms with Crippen LogP contribution in [0.15, 0.2) is 40.1 Å². The van der Waals surface area contributed by atoms with E-state index in [4.69, 9.17) is 9.15 Å². The van der Waals surface area contributed by atoms with Crippen LogP contribution in [0.3, 0.4) is 0 Å². The van der Waals surface area contributed by atoms with Gasteiger partial charge in [-0.1, -0.05) is 6.07 Å². The lowest BCUT2D eigenvalue weighted by atomic mass is 10.2. The molecular weight excluding hydrogens is 351 g/mol. The third-order valence-electron chi connectivity index (χ3n) is 3.28. The highest BCUT2D eigenvalue weighted by Gasteiger charge is 2.21. The molecule has 0 aliphatic heterocycles. The third-order valence-corrected chi connectivity index (χ3v) is 4.14. The van der Waals surface area contributed by atoms with Crippen molar-refractivity contribution < 1.29 is 23.3 Å². The minimum absolute atomic E-state index is 0.256. The summed E-state index contributed by atoms with van der Waals surface area (Å²) in [7, 11) is 0. The van der Waals surface area contributed by atoms with E-state index < -0.39 is 28.1 Å². The van der Waals surface area contributed by atoms with E-state index in [9.17, 15) is 19.3 Å². The van der Waals surface area contributed by atoms with E-state index in [-0.39, 0.29) is 6.42 Å². The predicted molar refractivity (Wildman–Crippen MR) is 86.9 cm³/mol. The Kier molecular flexibility index (Phi) is 4.57. The topological polar surface area (TPSA) is 95.5 Å². The molecule has 9 heteroatoms. The van der Waals surface area contributed by atoms with E-state index >= 15 is 0 Å². The van der Waals surface area contributed by atoms with Gasteiger partial charge in [0.25, 0.3) is 0 Å². The summed E-state index contributed by atoms with van der Waals surface area (Å²) in [4.78, 5) is 27.3. The van der Waals surface area contributed by atoms with E-state index in [2.05, 4.69) is 4.98 Å². The second-order valence-electron chi connectivity index (χ2n) is 5.02. The Labute approximate surface area is 144 Å². The summed E-state index contributed by atoms with van der Waals surface area (Å²) in [6.07, 6.45) is -0.256. The molecule has 0 aliphatic carbocycles. The van der Waals surface area contributed by atoms with Gasteiger partial charge in [0.2, 0.25) is 11.6 Å². The number of nitro groups is 1. The molecule has 0 radical (unpaired) electrons. The lowest BCUT2D eigenvalue weighted by Gasteiger charge is -2.04. The van der Waals surface area contributed by atoms with Gasteiger partial charge in [-0.25, -0.2) is 9.37 Å². The van der Waals surface area contributed by atoms with Crippen LogP contribution in [-0.2, 0) is 11.2 Å².